The summed E-state index contributed by atoms with van der Waals surface area (Å²) in [4.78, 5) is 37.9. The molecule has 0 saturated heterocycles. The van der Waals surface area contributed by atoms with Gasteiger partial charge in [0, 0.05) is 25.1 Å². The number of rotatable bonds is 10. The average molecular weight is 919 g/mol. The van der Waals surface area contributed by atoms with Crippen LogP contribution < -0.4 is 21.3 Å². The lowest BCUT2D eigenvalue weighted by atomic mass is 9.72. The summed E-state index contributed by atoms with van der Waals surface area (Å²) < 4.78 is 178. The maximum Gasteiger partial charge on any atom is 0.411 e. The van der Waals surface area contributed by atoms with E-state index in [1.807, 2.05) is 16.0 Å². The van der Waals surface area contributed by atoms with Crippen LogP contribution in [0.1, 0.15) is 49.9 Å². The molecule has 0 spiro atoms. The highest BCUT2D eigenvalue weighted by atomic mass is 19.4. The average Bonchev–Trinajstić information content (AvgIpc) is 3.17. The van der Waals surface area contributed by atoms with Crippen molar-refractivity contribution in [3.05, 3.63) is 130 Å². The molecule has 5 aromatic carbocycles. The van der Waals surface area contributed by atoms with Crippen molar-refractivity contribution in [2.45, 2.75) is 42.5 Å². The van der Waals surface area contributed by atoms with Gasteiger partial charge in [-0.1, -0.05) is 24.3 Å². The molecule has 5 aromatic rings. The van der Waals surface area contributed by atoms with Gasteiger partial charge in [0.25, 0.3) is 11.8 Å². The summed E-state index contributed by atoms with van der Waals surface area (Å²) in [6.07, 6.45) is -24.6. The van der Waals surface area contributed by atoms with Crippen LogP contribution in [0.2, 0.25) is 0 Å². The van der Waals surface area contributed by atoms with Gasteiger partial charge in [0.05, 0.1) is 22.7 Å². The van der Waals surface area contributed by atoms with Crippen molar-refractivity contribution < 1.29 is 87.5 Å². The van der Waals surface area contributed by atoms with Crippen molar-refractivity contribution in [2.75, 3.05) is 28.3 Å². The molecular weight excluding hydrogens is 888 g/mol. The number of carbonyl (C=O) groups is 3. The summed E-state index contributed by atoms with van der Waals surface area (Å²) in [6.45, 7) is 0.869. The minimum atomic E-state index is -6.20. The number of halogens is 12. The smallest absolute Gasteiger partial charge is 0.411 e. The molecule has 11 nitrogen and oxygen atoms in total. The molecule has 3 amide bonds. The third-order valence-corrected chi connectivity index (χ3v) is 9.90. The summed E-state index contributed by atoms with van der Waals surface area (Å²) >= 11 is 0. The number of benzene rings is 5. The Hall–Kier alpha value is -7.33. The van der Waals surface area contributed by atoms with Crippen LogP contribution in [0, 0.1) is 0 Å². The number of nitrogens with one attached hydrogen (secondary N) is 4. The molecule has 0 aliphatic rings. The number of phenols is 4. The first-order valence-electron chi connectivity index (χ1n) is 17.8. The van der Waals surface area contributed by atoms with E-state index in [1.165, 1.54) is 0 Å². The first-order valence-corrected chi connectivity index (χ1v) is 17.8. The summed E-state index contributed by atoms with van der Waals surface area (Å²) in [7, 11) is 1.12. The molecule has 23 heteroatoms. The standard InChI is InChI=1S/C41H30F12N4O7/c1-19(58)55-27-16-23(8-12-31(27)60)37(40(48,49)50,41(51,52)53)25-10-14-33(62)29(18-25)57-35(64)21-5-3-20(4-6-21)34(63)56-28-17-24(9-13-32(28)61)36(38(42,43)44,39(45,46)47)22-7-11-30(59)26(15-22)54-2/h3-18,54,59-62H,1-2H3,(H,55,58)(H,56,63)(H,57,64). The molecule has 0 aromatic heterocycles. The summed E-state index contributed by atoms with van der Waals surface area (Å²) in [6, 6.07) is 7.74. The van der Waals surface area contributed by atoms with Crippen LogP contribution in [0.25, 0.3) is 0 Å². The Kier molecular flexibility index (Phi) is 12.5. The van der Waals surface area contributed by atoms with Crippen LogP contribution in [0.3, 0.4) is 0 Å². The second-order valence-corrected chi connectivity index (χ2v) is 13.8. The van der Waals surface area contributed by atoms with Crippen molar-refractivity contribution in [2.24, 2.45) is 0 Å². The molecule has 0 fully saturated rings. The largest absolute Gasteiger partial charge is 0.506 e. The highest BCUT2D eigenvalue weighted by molar-refractivity contribution is 6.08. The van der Waals surface area contributed by atoms with E-state index in [1.54, 1.807) is 0 Å². The Morgan fingerprint density at radius 3 is 0.906 bits per heavy atom. The molecule has 0 aliphatic heterocycles. The van der Waals surface area contributed by atoms with Gasteiger partial charge in [-0.25, -0.2) is 0 Å². The van der Waals surface area contributed by atoms with E-state index < -0.39 is 132 Å². The molecular formula is C41H30F12N4O7. The first-order chi connectivity index (χ1) is 29.5. The molecule has 0 unspecified atom stereocenters. The van der Waals surface area contributed by atoms with Crippen LogP contribution >= 0.6 is 0 Å². The highest BCUT2D eigenvalue weighted by Gasteiger charge is 2.74. The van der Waals surface area contributed by atoms with Crippen molar-refractivity contribution in [1.82, 2.24) is 0 Å². The molecule has 0 radical (unpaired) electrons. The molecule has 0 heterocycles. The summed E-state index contributed by atoms with van der Waals surface area (Å²) in [5.74, 6) is -7.10. The number of aromatic hydroxyl groups is 4. The van der Waals surface area contributed by atoms with Gasteiger partial charge < -0.3 is 41.7 Å². The fourth-order valence-corrected chi connectivity index (χ4v) is 6.89. The number of phenolic OH excluding ortho intramolecular Hbond substituents is 4. The fourth-order valence-electron chi connectivity index (χ4n) is 6.89. The Bertz CT molecular complexity index is 2580. The number of amides is 3. The zero-order chi connectivity index (χ0) is 48.0. The molecule has 0 saturated carbocycles. The fraction of sp³-hybridized carbons (Fsp3) is 0.195. The minimum Gasteiger partial charge on any atom is -0.506 e. The van der Waals surface area contributed by atoms with Gasteiger partial charge in [-0.2, -0.15) is 52.7 Å². The maximum absolute atomic E-state index is 14.9. The molecule has 0 atom stereocenters. The van der Waals surface area contributed by atoms with E-state index in [0.29, 0.717) is 48.5 Å². The second-order valence-electron chi connectivity index (χ2n) is 13.8. The van der Waals surface area contributed by atoms with E-state index >= 15 is 0 Å². The Balaban J connectivity index is 1.47. The zero-order valence-electron chi connectivity index (χ0n) is 32.3. The Labute approximate surface area is 352 Å². The molecule has 64 heavy (non-hydrogen) atoms. The molecule has 5 rings (SSSR count). The lowest BCUT2D eigenvalue weighted by Gasteiger charge is -2.38. The number of carbonyl (C=O) groups excluding carboxylic acids is 3. The van der Waals surface area contributed by atoms with Crippen molar-refractivity contribution in [3.8, 4) is 23.0 Å². The predicted molar refractivity (Wildman–Crippen MR) is 204 cm³/mol. The molecule has 8 N–H and O–H groups in total. The van der Waals surface area contributed by atoms with Gasteiger partial charge in [-0.05, 0) is 95.1 Å². The highest BCUT2D eigenvalue weighted by Crippen LogP contribution is 2.59. The first kappa shape index (κ1) is 47.7. The van der Waals surface area contributed by atoms with Crippen LogP contribution in [0.15, 0.2) is 97.1 Å². The van der Waals surface area contributed by atoms with Gasteiger partial charge in [0.15, 0.2) is 0 Å². The second kappa shape index (κ2) is 16.7. The lowest BCUT2D eigenvalue weighted by Crippen LogP contribution is -2.54. The van der Waals surface area contributed by atoms with Crippen LogP contribution in [0.4, 0.5) is 75.4 Å². The SMILES string of the molecule is CNc1cc(C(c2ccc(O)c(NC(=O)c3ccc(C(=O)Nc4cc(C(c5ccc(O)c(NC(C)=O)c5)(C(F)(F)F)C(F)(F)F)ccc4O)cc3)c2)(C(F)(F)F)C(F)(F)F)ccc1O. The number of alkyl halides is 12. The predicted octanol–water partition coefficient (Wildman–Crippen LogP) is 9.84. The number of hydrogen-bond acceptors (Lipinski definition) is 8. The van der Waals surface area contributed by atoms with Crippen LogP contribution in [-0.2, 0) is 15.6 Å². The minimum absolute atomic E-state index is 0.176. The van der Waals surface area contributed by atoms with Crippen LogP contribution in [-0.4, -0.2) is 69.9 Å². The van der Waals surface area contributed by atoms with Crippen LogP contribution in [0.5, 0.6) is 23.0 Å². The van der Waals surface area contributed by atoms with Gasteiger partial charge >= 0.3 is 24.7 Å². The van der Waals surface area contributed by atoms with Crippen molar-refractivity contribution >= 4 is 40.5 Å². The van der Waals surface area contributed by atoms with Crippen molar-refractivity contribution in [1.29, 1.82) is 0 Å². The molecule has 0 bridgehead atoms. The zero-order valence-corrected chi connectivity index (χ0v) is 32.3. The summed E-state index contributed by atoms with van der Waals surface area (Å²) in [5, 5.41) is 48.9. The third-order valence-electron chi connectivity index (χ3n) is 9.90. The molecule has 0 aliphatic carbocycles. The topological polar surface area (TPSA) is 180 Å². The quantitative estimate of drug-likeness (QED) is 0.0504. The third kappa shape index (κ3) is 8.43. The summed E-state index contributed by atoms with van der Waals surface area (Å²) in [5.41, 5.74) is -19.9. The van der Waals surface area contributed by atoms with Gasteiger partial charge in [-0.3, -0.25) is 14.4 Å². The Morgan fingerprint density at radius 1 is 0.406 bits per heavy atom. The molecule has 340 valence electrons. The van der Waals surface area contributed by atoms with Gasteiger partial charge in [0.2, 0.25) is 16.7 Å². The van der Waals surface area contributed by atoms with E-state index in [2.05, 4.69) is 5.32 Å². The van der Waals surface area contributed by atoms with E-state index in [9.17, 15) is 87.5 Å². The lowest BCUT2D eigenvalue weighted by molar-refractivity contribution is -0.290. The van der Waals surface area contributed by atoms with E-state index in [-0.39, 0.29) is 24.3 Å². The number of hydrogen-bond donors (Lipinski definition) is 8. The van der Waals surface area contributed by atoms with E-state index in [0.717, 1.165) is 38.2 Å². The van der Waals surface area contributed by atoms with Gasteiger partial charge in [-0.15, -0.1) is 0 Å². The number of anilines is 4. The Morgan fingerprint density at radius 2 is 0.656 bits per heavy atom. The van der Waals surface area contributed by atoms with Gasteiger partial charge in [0.1, 0.15) is 23.0 Å². The van der Waals surface area contributed by atoms with Crippen molar-refractivity contribution in [3.63, 3.8) is 0 Å². The maximum atomic E-state index is 14.9. The monoisotopic (exact) mass is 918 g/mol. The normalized spacial score (nSPS) is 12.7. The van der Waals surface area contributed by atoms with E-state index in [4.69, 9.17) is 0 Å².